The molecule has 2 heterocycles. The van der Waals surface area contributed by atoms with Crippen LogP contribution >= 0.6 is 0 Å². The minimum atomic E-state index is -5.45. The summed E-state index contributed by atoms with van der Waals surface area (Å²) in [7, 11) is -5.45. The lowest BCUT2D eigenvalue weighted by molar-refractivity contribution is -0.0435. The second kappa shape index (κ2) is 6.71. The molecule has 1 aromatic heterocycles. The van der Waals surface area contributed by atoms with Crippen LogP contribution in [0.1, 0.15) is 12.0 Å². The fourth-order valence-electron chi connectivity index (χ4n) is 2.81. The van der Waals surface area contributed by atoms with Crippen LogP contribution in [0.4, 0.5) is 23.2 Å². The summed E-state index contributed by atoms with van der Waals surface area (Å²) in [6.07, 6.45) is 4.74. The van der Waals surface area contributed by atoms with Crippen molar-refractivity contribution in [1.82, 2.24) is 4.98 Å². The van der Waals surface area contributed by atoms with Gasteiger partial charge in [-0.2, -0.15) is 13.2 Å². The highest BCUT2D eigenvalue weighted by atomic mass is 32.2. The standard InChI is InChI=1S/C17H14F4N2O2S/c18-14-9-13(10-22-11-14)12-5-7-23(8-6-12)15-3-1-2-4-16(15)26(24,25)17(19,20)21/h1-5,9-11H,6-8H2. The highest BCUT2D eigenvalue weighted by Gasteiger charge is 2.48. The molecule has 0 unspecified atom stereocenters. The predicted molar refractivity (Wildman–Crippen MR) is 88.7 cm³/mol. The first-order chi connectivity index (χ1) is 12.2. The first kappa shape index (κ1) is 18.4. The summed E-state index contributed by atoms with van der Waals surface area (Å²) in [4.78, 5) is 4.56. The van der Waals surface area contributed by atoms with Gasteiger partial charge in [0.25, 0.3) is 9.84 Å². The maximum Gasteiger partial charge on any atom is 0.501 e. The Morgan fingerprint density at radius 1 is 1.12 bits per heavy atom. The quantitative estimate of drug-likeness (QED) is 0.753. The molecule has 0 aliphatic carbocycles. The van der Waals surface area contributed by atoms with E-state index in [2.05, 4.69) is 4.98 Å². The summed E-state index contributed by atoms with van der Waals surface area (Å²) in [5, 5.41) is 0. The van der Waals surface area contributed by atoms with Crippen molar-refractivity contribution in [3.8, 4) is 0 Å². The van der Waals surface area contributed by atoms with Crippen molar-refractivity contribution < 1.29 is 26.0 Å². The number of rotatable bonds is 3. The van der Waals surface area contributed by atoms with E-state index in [0.29, 0.717) is 18.5 Å². The number of alkyl halides is 3. The Hall–Kier alpha value is -2.42. The van der Waals surface area contributed by atoms with Crippen molar-refractivity contribution in [1.29, 1.82) is 0 Å². The van der Waals surface area contributed by atoms with Crippen LogP contribution in [0.2, 0.25) is 0 Å². The molecule has 4 nitrogen and oxygen atoms in total. The Bertz CT molecular complexity index is 955. The molecule has 0 N–H and O–H groups in total. The molecule has 0 atom stereocenters. The third-order valence-corrected chi connectivity index (χ3v) is 5.62. The number of hydrogen-bond donors (Lipinski definition) is 0. The van der Waals surface area contributed by atoms with E-state index >= 15 is 0 Å². The number of halogens is 4. The van der Waals surface area contributed by atoms with Crippen LogP contribution < -0.4 is 4.90 Å². The fourth-order valence-corrected chi connectivity index (χ4v) is 3.79. The van der Waals surface area contributed by atoms with Crippen LogP contribution in [0.5, 0.6) is 0 Å². The van der Waals surface area contributed by atoms with E-state index in [4.69, 9.17) is 0 Å². The molecular weight excluding hydrogens is 372 g/mol. The third-order valence-electron chi connectivity index (χ3n) is 4.08. The van der Waals surface area contributed by atoms with E-state index in [1.165, 1.54) is 30.5 Å². The Balaban J connectivity index is 1.91. The maximum atomic E-state index is 13.3. The summed E-state index contributed by atoms with van der Waals surface area (Å²) >= 11 is 0. The number of hydrogen-bond acceptors (Lipinski definition) is 4. The Labute approximate surface area is 147 Å². The van der Waals surface area contributed by atoms with E-state index in [1.54, 1.807) is 11.0 Å². The SMILES string of the molecule is O=S(=O)(c1ccccc1N1CC=C(c2cncc(F)c2)CC1)C(F)(F)F. The van der Waals surface area contributed by atoms with Gasteiger partial charge < -0.3 is 4.90 Å². The van der Waals surface area contributed by atoms with E-state index in [0.717, 1.165) is 17.8 Å². The molecule has 0 amide bonds. The highest BCUT2D eigenvalue weighted by molar-refractivity contribution is 7.92. The maximum absolute atomic E-state index is 13.3. The first-order valence-electron chi connectivity index (χ1n) is 7.65. The van der Waals surface area contributed by atoms with Gasteiger partial charge in [-0.25, -0.2) is 12.8 Å². The zero-order chi connectivity index (χ0) is 18.9. The number of benzene rings is 1. The molecule has 9 heteroatoms. The minimum Gasteiger partial charge on any atom is -0.366 e. The van der Waals surface area contributed by atoms with Crippen molar-refractivity contribution in [2.45, 2.75) is 16.8 Å². The van der Waals surface area contributed by atoms with E-state index in [9.17, 15) is 26.0 Å². The van der Waals surface area contributed by atoms with Gasteiger partial charge in [0.15, 0.2) is 0 Å². The summed E-state index contributed by atoms with van der Waals surface area (Å²) in [6, 6.07) is 6.37. The molecule has 0 radical (unpaired) electrons. The first-order valence-corrected chi connectivity index (χ1v) is 9.14. The molecule has 0 bridgehead atoms. The number of sulfone groups is 1. The molecule has 0 fully saturated rings. The molecule has 0 saturated heterocycles. The predicted octanol–water partition coefficient (Wildman–Crippen LogP) is 3.81. The number of pyridine rings is 1. The molecule has 1 aliphatic heterocycles. The van der Waals surface area contributed by atoms with Gasteiger partial charge in [-0.15, -0.1) is 0 Å². The van der Waals surface area contributed by atoms with E-state index < -0.39 is 26.1 Å². The van der Waals surface area contributed by atoms with Gasteiger partial charge in [-0.3, -0.25) is 4.98 Å². The zero-order valence-corrected chi connectivity index (χ0v) is 14.2. The third kappa shape index (κ3) is 3.44. The largest absolute Gasteiger partial charge is 0.501 e. The molecule has 26 heavy (non-hydrogen) atoms. The second-order valence-corrected chi connectivity index (χ2v) is 7.64. The average Bonchev–Trinajstić information content (AvgIpc) is 2.61. The summed E-state index contributed by atoms with van der Waals surface area (Å²) < 4.78 is 75.7. The topological polar surface area (TPSA) is 50.3 Å². The van der Waals surface area contributed by atoms with Gasteiger partial charge in [0.1, 0.15) is 5.82 Å². The van der Waals surface area contributed by atoms with Crippen LogP contribution in [0.25, 0.3) is 5.57 Å². The van der Waals surface area contributed by atoms with Crippen molar-refractivity contribution in [3.05, 3.63) is 60.2 Å². The van der Waals surface area contributed by atoms with Crippen LogP contribution in [-0.2, 0) is 9.84 Å². The smallest absolute Gasteiger partial charge is 0.366 e. The Morgan fingerprint density at radius 2 is 1.85 bits per heavy atom. The number of nitrogens with zero attached hydrogens (tertiary/aromatic N) is 2. The van der Waals surface area contributed by atoms with Crippen molar-refractivity contribution >= 4 is 21.1 Å². The van der Waals surface area contributed by atoms with E-state index in [-0.39, 0.29) is 12.2 Å². The normalized spacial score (nSPS) is 15.7. The van der Waals surface area contributed by atoms with Crippen LogP contribution in [0, 0.1) is 5.82 Å². The van der Waals surface area contributed by atoms with Gasteiger partial charge in [0.05, 0.1) is 16.8 Å². The number of aromatic nitrogens is 1. The lowest BCUT2D eigenvalue weighted by atomic mass is 10.0. The number of anilines is 1. The van der Waals surface area contributed by atoms with E-state index in [1.807, 2.05) is 0 Å². The van der Waals surface area contributed by atoms with Gasteiger partial charge >= 0.3 is 5.51 Å². The lowest BCUT2D eigenvalue weighted by Gasteiger charge is -2.30. The molecule has 1 aromatic carbocycles. The Kier molecular flexibility index (Phi) is 4.74. The van der Waals surface area contributed by atoms with Crippen LogP contribution in [-0.4, -0.2) is 32.0 Å². The van der Waals surface area contributed by atoms with Gasteiger partial charge in [0.2, 0.25) is 0 Å². The summed E-state index contributed by atoms with van der Waals surface area (Å²) in [5.74, 6) is -0.479. The summed E-state index contributed by atoms with van der Waals surface area (Å²) in [5.41, 5.74) is -3.96. The Morgan fingerprint density at radius 3 is 2.46 bits per heavy atom. The lowest BCUT2D eigenvalue weighted by Crippen LogP contribution is -2.31. The molecule has 1 aliphatic rings. The minimum absolute atomic E-state index is 0.00232. The molecular formula is C17H14F4N2O2S. The van der Waals surface area contributed by atoms with Crippen LogP contribution in [0.3, 0.4) is 0 Å². The average molecular weight is 386 g/mol. The van der Waals surface area contributed by atoms with Crippen molar-refractivity contribution in [3.63, 3.8) is 0 Å². The molecule has 3 rings (SSSR count). The summed E-state index contributed by atoms with van der Waals surface area (Å²) in [6.45, 7) is 0.503. The zero-order valence-electron chi connectivity index (χ0n) is 13.4. The van der Waals surface area contributed by atoms with Crippen molar-refractivity contribution in [2.24, 2.45) is 0 Å². The molecule has 2 aromatic rings. The second-order valence-electron chi connectivity index (χ2n) is 5.73. The van der Waals surface area contributed by atoms with Crippen molar-refractivity contribution in [2.75, 3.05) is 18.0 Å². The molecule has 0 saturated carbocycles. The van der Waals surface area contributed by atoms with Gasteiger partial charge in [0, 0.05) is 19.3 Å². The molecule has 0 spiro atoms. The van der Waals surface area contributed by atoms with Crippen LogP contribution in [0.15, 0.2) is 53.7 Å². The highest BCUT2D eigenvalue weighted by Crippen LogP contribution is 2.37. The monoisotopic (exact) mass is 386 g/mol. The fraction of sp³-hybridized carbons (Fsp3) is 0.235. The molecule has 138 valence electrons. The number of para-hydroxylation sites is 1. The van der Waals surface area contributed by atoms with Gasteiger partial charge in [-0.1, -0.05) is 18.2 Å². The van der Waals surface area contributed by atoms with Gasteiger partial charge in [-0.05, 0) is 35.8 Å².